The zero-order valence-electron chi connectivity index (χ0n) is 13.2. The third-order valence-electron chi connectivity index (χ3n) is 3.30. The number of aromatic nitrogens is 3. The molecular formula is C16H9F6N5. The maximum atomic E-state index is 13.7. The lowest BCUT2D eigenvalue weighted by molar-refractivity contribution is -0.137. The maximum absolute atomic E-state index is 13.7. The number of alkyl halides is 3. The van der Waals surface area contributed by atoms with Crippen LogP contribution in [0.4, 0.5) is 49.5 Å². The van der Waals surface area contributed by atoms with E-state index in [0.717, 1.165) is 30.5 Å². The van der Waals surface area contributed by atoms with Crippen LogP contribution in [-0.4, -0.2) is 15.2 Å². The van der Waals surface area contributed by atoms with Crippen molar-refractivity contribution < 1.29 is 26.3 Å². The van der Waals surface area contributed by atoms with Crippen molar-refractivity contribution in [1.82, 2.24) is 15.2 Å². The predicted octanol–water partition coefficient (Wildman–Crippen LogP) is 4.79. The number of nitrogens with one attached hydrogen (secondary N) is 2. The molecule has 0 spiro atoms. The molecule has 0 aliphatic rings. The van der Waals surface area contributed by atoms with E-state index >= 15 is 0 Å². The number of hydrogen-bond donors (Lipinski definition) is 2. The molecule has 140 valence electrons. The van der Waals surface area contributed by atoms with Crippen LogP contribution >= 0.6 is 0 Å². The number of rotatable bonds is 4. The molecule has 5 nitrogen and oxygen atoms in total. The average Bonchev–Trinajstić information content (AvgIpc) is 2.62. The molecule has 3 rings (SSSR count). The molecule has 0 aliphatic carbocycles. The Hall–Kier alpha value is -3.37. The fraction of sp³-hybridized carbons (Fsp3) is 0.0625. The summed E-state index contributed by atoms with van der Waals surface area (Å²) in [7, 11) is 0. The lowest BCUT2D eigenvalue weighted by atomic mass is 10.2. The van der Waals surface area contributed by atoms with Gasteiger partial charge in [0.15, 0.2) is 23.3 Å². The van der Waals surface area contributed by atoms with Crippen LogP contribution in [0.2, 0.25) is 0 Å². The van der Waals surface area contributed by atoms with Crippen molar-refractivity contribution in [2.24, 2.45) is 0 Å². The molecule has 11 heteroatoms. The summed E-state index contributed by atoms with van der Waals surface area (Å²) >= 11 is 0. The van der Waals surface area contributed by atoms with Gasteiger partial charge in [0, 0.05) is 5.69 Å². The molecule has 1 heterocycles. The minimum atomic E-state index is -4.52. The van der Waals surface area contributed by atoms with Crippen molar-refractivity contribution in [3.8, 4) is 0 Å². The van der Waals surface area contributed by atoms with Crippen LogP contribution in [-0.2, 0) is 6.18 Å². The fourth-order valence-corrected chi connectivity index (χ4v) is 2.08. The molecule has 2 aromatic carbocycles. The summed E-state index contributed by atoms with van der Waals surface area (Å²) < 4.78 is 78.1. The van der Waals surface area contributed by atoms with Crippen LogP contribution in [0, 0.1) is 17.5 Å². The van der Waals surface area contributed by atoms with Crippen LogP contribution in [0.5, 0.6) is 0 Å². The standard InChI is InChI=1S/C16H9F6N5/c17-10-4-5-11(14(19)13(10)18)25-12-7-23-27-15(26-12)24-9-3-1-2-8(6-9)16(20,21)22/h1-7H,(H2,24,25,26,27). The quantitative estimate of drug-likeness (QED) is 0.499. The van der Waals surface area contributed by atoms with Crippen molar-refractivity contribution in [3.63, 3.8) is 0 Å². The second-order valence-electron chi connectivity index (χ2n) is 5.22. The lowest BCUT2D eigenvalue weighted by Gasteiger charge is -2.11. The van der Waals surface area contributed by atoms with Crippen molar-refractivity contribution in [2.75, 3.05) is 10.6 Å². The molecule has 0 aliphatic heterocycles. The Bertz CT molecular complexity index is 976. The van der Waals surface area contributed by atoms with Gasteiger partial charge in [-0.15, -0.1) is 5.10 Å². The van der Waals surface area contributed by atoms with Gasteiger partial charge in [0.1, 0.15) is 0 Å². The minimum absolute atomic E-state index is 0.0442. The van der Waals surface area contributed by atoms with Crippen molar-refractivity contribution >= 4 is 23.1 Å². The molecule has 3 aromatic rings. The van der Waals surface area contributed by atoms with Gasteiger partial charge in [-0.3, -0.25) is 0 Å². The molecule has 0 bridgehead atoms. The topological polar surface area (TPSA) is 62.7 Å². The Morgan fingerprint density at radius 1 is 0.889 bits per heavy atom. The van der Waals surface area contributed by atoms with Gasteiger partial charge >= 0.3 is 6.18 Å². The average molecular weight is 385 g/mol. The normalized spacial score (nSPS) is 11.3. The van der Waals surface area contributed by atoms with Crippen molar-refractivity contribution in [2.45, 2.75) is 6.18 Å². The third kappa shape index (κ3) is 4.25. The highest BCUT2D eigenvalue weighted by Crippen LogP contribution is 2.31. The molecule has 0 radical (unpaired) electrons. The molecular weight excluding hydrogens is 376 g/mol. The SMILES string of the molecule is Fc1ccc(Nc2cnnc(Nc3cccc(C(F)(F)F)c3)n2)c(F)c1F. The summed E-state index contributed by atoms with van der Waals surface area (Å²) in [5.74, 6) is -4.76. The Labute approximate surface area is 148 Å². The first-order valence-corrected chi connectivity index (χ1v) is 7.28. The Morgan fingerprint density at radius 3 is 2.41 bits per heavy atom. The molecule has 0 amide bonds. The fourth-order valence-electron chi connectivity index (χ4n) is 2.08. The molecule has 0 atom stereocenters. The summed E-state index contributed by atoms with van der Waals surface area (Å²) in [6.45, 7) is 0. The number of halogens is 6. The molecule has 0 saturated heterocycles. The monoisotopic (exact) mass is 385 g/mol. The number of hydrogen-bond acceptors (Lipinski definition) is 5. The zero-order chi connectivity index (χ0) is 19.6. The highest BCUT2D eigenvalue weighted by Gasteiger charge is 2.30. The molecule has 27 heavy (non-hydrogen) atoms. The van der Waals surface area contributed by atoms with E-state index in [1.807, 2.05) is 0 Å². The van der Waals surface area contributed by atoms with Crippen LogP contribution in [0.1, 0.15) is 5.56 Å². The Kier molecular flexibility index (Phi) is 4.84. The molecule has 0 saturated carbocycles. The maximum Gasteiger partial charge on any atom is 0.416 e. The first-order valence-electron chi connectivity index (χ1n) is 7.28. The van der Waals surface area contributed by atoms with E-state index in [1.54, 1.807) is 0 Å². The summed E-state index contributed by atoms with van der Waals surface area (Å²) in [5.41, 5.74) is -1.24. The largest absolute Gasteiger partial charge is 0.416 e. The van der Waals surface area contributed by atoms with Crippen LogP contribution in [0.15, 0.2) is 42.6 Å². The first-order chi connectivity index (χ1) is 12.7. The second kappa shape index (κ2) is 7.09. The van der Waals surface area contributed by atoms with Crippen LogP contribution in [0.25, 0.3) is 0 Å². The Balaban J connectivity index is 1.82. The van der Waals surface area contributed by atoms with Crippen LogP contribution in [0.3, 0.4) is 0 Å². The highest BCUT2D eigenvalue weighted by atomic mass is 19.4. The predicted molar refractivity (Wildman–Crippen MR) is 84.2 cm³/mol. The van der Waals surface area contributed by atoms with E-state index in [9.17, 15) is 26.3 Å². The van der Waals surface area contributed by atoms with E-state index in [4.69, 9.17) is 0 Å². The smallest absolute Gasteiger partial charge is 0.336 e. The number of anilines is 4. The van der Waals surface area contributed by atoms with Gasteiger partial charge in [-0.2, -0.15) is 23.3 Å². The summed E-state index contributed by atoms with van der Waals surface area (Å²) in [6, 6.07) is 5.96. The molecule has 2 N–H and O–H groups in total. The summed E-state index contributed by atoms with van der Waals surface area (Å²) in [4.78, 5) is 3.89. The van der Waals surface area contributed by atoms with E-state index in [1.165, 1.54) is 12.1 Å². The molecule has 1 aromatic heterocycles. The van der Waals surface area contributed by atoms with Gasteiger partial charge in [-0.25, -0.2) is 13.2 Å². The summed E-state index contributed by atoms with van der Waals surface area (Å²) in [6.07, 6.45) is -3.46. The zero-order valence-corrected chi connectivity index (χ0v) is 13.2. The Morgan fingerprint density at radius 2 is 1.67 bits per heavy atom. The minimum Gasteiger partial charge on any atom is -0.336 e. The van der Waals surface area contributed by atoms with E-state index in [0.29, 0.717) is 0 Å². The third-order valence-corrected chi connectivity index (χ3v) is 3.30. The van der Waals surface area contributed by atoms with Crippen molar-refractivity contribution in [1.29, 1.82) is 0 Å². The van der Waals surface area contributed by atoms with E-state index in [-0.39, 0.29) is 17.5 Å². The molecule has 0 unspecified atom stereocenters. The van der Waals surface area contributed by atoms with Gasteiger partial charge in [0.05, 0.1) is 17.4 Å². The number of nitrogens with zero attached hydrogens (tertiary/aromatic N) is 3. The highest BCUT2D eigenvalue weighted by molar-refractivity contribution is 5.59. The van der Waals surface area contributed by atoms with Gasteiger partial charge < -0.3 is 10.6 Å². The van der Waals surface area contributed by atoms with Crippen LogP contribution < -0.4 is 10.6 Å². The van der Waals surface area contributed by atoms with E-state index < -0.39 is 34.9 Å². The van der Waals surface area contributed by atoms with Gasteiger partial charge in [0.2, 0.25) is 5.95 Å². The lowest BCUT2D eigenvalue weighted by Crippen LogP contribution is -2.07. The first kappa shape index (κ1) is 18.4. The number of benzene rings is 2. The second-order valence-corrected chi connectivity index (χ2v) is 5.22. The van der Waals surface area contributed by atoms with E-state index in [2.05, 4.69) is 25.8 Å². The summed E-state index contributed by atoms with van der Waals surface area (Å²) in [5, 5.41) is 12.1. The van der Waals surface area contributed by atoms with Gasteiger partial charge in [-0.1, -0.05) is 6.07 Å². The van der Waals surface area contributed by atoms with Gasteiger partial charge in [-0.05, 0) is 30.3 Å². The molecule has 0 fully saturated rings. The van der Waals surface area contributed by atoms with Gasteiger partial charge in [0.25, 0.3) is 0 Å². The van der Waals surface area contributed by atoms with Crippen molar-refractivity contribution in [3.05, 3.63) is 65.6 Å².